The first-order valence-electron chi connectivity index (χ1n) is 2.40. The molecule has 0 saturated carbocycles. The van der Waals surface area contributed by atoms with Crippen molar-refractivity contribution < 1.29 is 0 Å². The zero-order valence-corrected chi connectivity index (χ0v) is 4.28. The molecular formula is C6H9N. The van der Waals surface area contributed by atoms with Gasteiger partial charge in [-0.2, -0.15) is 0 Å². The van der Waals surface area contributed by atoms with Crippen LogP contribution in [0.2, 0.25) is 0 Å². The van der Waals surface area contributed by atoms with Crippen molar-refractivity contribution in [1.82, 2.24) is 0 Å². The maximum absolute atomic E-state index is 5.43. The molecule has 1 rings (SSSR count). The van der Waals surface area contributed by atoms with E-state index in [0.717, 1.165) is 18.5 Å². The van der Waals surface area contributed by atoms with Gasteiger partial charge in [0.05, 0.1) is 0 Å². The van der Waals surface area contributed by atoms with E-state index in [0.29, 0.717) is 0 Å². The lowest BCUT2D eigenvalue weighted by atomic mass is 10.2. The Morgan fingerprint density at radius 1 is 1.71 bits per heavy atom. The molecule has 38 valence electrons. The van der Waals surface area contributed by atoms with Crippen LogP contribution in [0.15, 0.2) is 23.9 Å². The van der Waals surface area contributed by atoms with E-state index in [2.05, 4.69) is 6.58 Å². The van der Waals surface area contributed by atoms with Gasteiger partial charge in [-0.05, 0) is 6.42 Å². The van der Waals surface area contributed by atoms with Crippen LogP contribution in [-0.4, -0.2) is 0 Å². The number of allylic oxidation sites excluding steroid dienone is 2. The molecule has 7 heavy (non-hydrogen) atoms. The Hall–Kier alpha value is -0.720. The van der Waals surface area contributed by atoms with E-state index < -0.39 is 0 Å². The van der Waals surface area contributed by atoms with Gasteiger partial charge in [-0.1, -0.05) is 18.2 Å². The largest absolute Gasteiger partial charge is 0.402 e. The molecule has 0 aromatic carbocycles. The van der Waals surface area contributed by atoms with Crippen LogP contribution in [0, 0.1) is 0 Å². The predicted octanol–water partition coefficient (Wildman–Crippen LogP) is 1.18. The van der Waals surface area contributed by atoms with Gasteiger partial charge in [0, 0.05) is 12.1 Å². The number of nitrogens with two attached hydrogens (primary N) is 1. The molecule has 0 unspecified atom stereocenters. The highest BCUT2D eigenvalue weighted by Gasteiger charge is 2.01. The fourth-order valence-corrected chi connectivity index (χ4v) is 0.708. The van der Waals surface area contributed by atoms with Crippen molar-refractivity contribution in [3.05, 3.63) is 23.9 Å². The molecular weight excluding hydrogens is 86.1 g/mol. The second-order valence-corrected chi connectivity index (χ2v) is 1.91. The van der Waals surface area contributed by atoms with Crippen molar-refractivity contribution in [1.29, 1.82) is 0 Å². The van der Waals surface area contributed by atoms with Crippen molar-refractivity contribution in [2.75, 3.05) is 0 Å². The van der Waals surface area contributed by atoms with Gasteiger partial charge in [-0.25, -0.2) is 0 Å². The van der Waals surface area contributed by atoms with Crippen molar-refractivity contribution in [2.45, 2.75) is 12.8 Å². The van der Waals surface area contributed by atoms with Gasteiger partial charge >= 0.3 is 0 Å². The topological polar surface area (TPSA) is 26.0 Å². The molecule has 0 saturated heterocycles. The van der Waals surface area contributed by atoms with Crippen LogP contribution in [0.25, 0.3) is 0 Å². The summed E-state index contributed by atoms with van der Waals surface area (Å²) in [6, 6.07) is 0. The maximum Gasteiger partial charge on any atom is 0.00843 e. The molecule has 0 aliphatic heterocycles. The van der Waals surface area contributed by atoms with Crippen LogP contribution in [0.1, 0.15) is 12.8 Å². The smallest absolute Gasteiger partial charge is 0.00843 e. The molecule has 1 aliphatic rings. The quantitative estimate of drug-likeness (QED) is 0.449. The Morgan fingerprint density at radius 2 is 2.43 bits per heavy atom. The second-order valence-electron chi connectivity index (χ2n) is 1.91. The van der Waals surface area contributed by atoms with Crippen LogP contribution >= 0.6 is 0 Å². The number of hydrogen-bond acceptors (Lipinski definition) is 1. The minimum absolute atomic E-state index is 0.917. The van der Waals surface area contributed by atoms with Crippen LogP contribution in [0.3, 0.4) is 0 Å². The van der Waals surface area contributed by atoms with Crippen molar-refractivity contribution in [3.63, 3.8) is 0 Å². The van der Waals surface area contributed by atoms with Crippen LogP contribution in [0.5, 0.6) is 0 Å². The molecule has 0 amide bonds. The van der Waals surface area contributed by atoms with Gasteiger partial charge in [0.25, 0.3) is 0 Å². The molecule has 0 spiro atoms. The standard InChI is InChI=1S/C6H9N/c1-5-2-3-6(7)4-5/h3H,1-2,4,7H2. The third-order valence-electron chi connectivity index (χ3n) is 1.11. The van der Waals surface area contributed by atoms with E-state index in [1.807, 2.05) is 6.08 Å². The zero-order chi connectivity index (χ0) is 5.28. The monoisotopic (exact) mass is 95.1 g/mol. The Bertz CT molecular complexity index is 122. The summed E-state index contributed by atoms with van der Waals surface area (Å²) < 4.78 is 0. The van der Waals surface area contributed by atoms with Gasteiger partial charge in [-0.3, -0.25) is 0 Å². The van der Waals surface area contributed by atoms with E-state index in [1.54, 1.807) is 0 Å². The van der Waals surface area contributed by atoms with E-state index in [4.69, 9.17) is 5.73 Å². The van der Waals surface area contributed by atoms with Gasteiger partial charge in [0.15, 0.2) is 0 Å². The Balaban J connectivity index is 2.58. The summed E-state index contributed by atoms with van der Waals surface area (Å²) in [5.41, 5.74) is 7.64. The van der Waals surface area contributed by atoms with Gasteiger partial charge in [-0.15, -0.1) is 0 Å². The summed E-state index contributed by atoms with van der Waals surface area (Å²) in [5.74, 6) is 0. The first kappa shape index (κ1) is 4.44. The summed E-state index contributed by atoms with van der Waals surface area (Å²) in [6.45, 7) is 3.77. The molecule has 1 nitrogen and oxygen atoms in total. The maximum atomic E-state index is 5.43. The summed E-state index contributed by atoms with van der Waals surface area (Å²) in [7, 11) is 0. The SMILES string of the molecule is C=C1CC=C(N)C1. The van der Waals surface area contributed by atoms with Crippen molar-refractivity contribution >= 4 is 0 Å². The van der Waals surface area contributed by atoms with Crippen LogP contribution in [-0.2, 0) is 0 Å². The van der Waals surface area contributed by atoms with E-state index in [-0.39, 0.29) is 0 Å². The van der Waals surface area contributed by atoms with Gasteiger partial charge in [0.1, 0.15) is 0 Å². The summed E-state index contributed by atoms with van der Waals surface area (Å²) in [5, 5.41) is 0. The van der Waals surface area contributed by atoms with Crippen LogP contribution in [0.4, 0.5) is 0 Å². The molecule has 1 aliphatic carbocycles. The summed E-state index contributed by atoms with van der Waals surface area (Å²) >= 11 is 0. The zero-order valence-electron chi connectivity index (χ0n) is 4.28. The third-order valence-corrected chi connectivity index (χ3v) is 1.11. The molecule has 0 heterocycles. The highest BCUT2D eigenvalue weighted by molar-refractivity contribution is 5.20. The second kappa shape index (κ2) is 1.41. The van der Waals surface area contributed by atoms with Gasteiger partial charge < -0.3 is 5.73 Å². The molecule has 2 N–H and O–H groups in total. The average Bonchev–Trinajstić information content (AvgIpc) is 1.87. The molecule has 0 atom stereocenters. The van der Waals surface area contributed by atoms with Gasteiger partial charge in [0.2, 0.25) is 0 Å². The Labute approximate surface area is 43.5 Å². The highest BCUT2D eigenvalue weighted by Crippen LogP contribution is 2.17. The van der Waals surface area contributed by atoms with E-state index >= 15 is 0 Å². The fourth-order valence-electron chi connectivity index (χ4n) is 0.708. The third kappa shape index (κ3) is 0.829. The first-order chi connectivity index (χ1) is 3.29. The molecule has 0 aromatic heterocycles. The molecule has 0 radical (unpaired) electrons. The van der Waals surface area contributed by atoms with Crippen molar-refractivity contribution in [3.8, 4) is 0 Å². The fraction of sp³-hybridized carbons (Fsp3) is 0.333. The van der Waals surface area contributed by atoms with Crippen LogP contribution < -0.4 is 5.73 Å². The minimum atomic E-state index is 0.917. The Morgan fingerprint density at radius 3 is 2.57 bits per heavy atom. The number of hydrogen-bond donors (Lipinski definition) is 1. The lowest BCUT2D eigenvalue weighted by molar-refractivity contribution is 1.14. The van der Waals surface area contributed by atoms with E-state index in [1.165, 1.54) is 5.57 Å². The lowest BCUT2D eigenvalue weighted by Gasteiger charge is -1.86. The van der Waals surface area contributed by atoms with E-state index in [9.17, 15) is 0 Å². The normalized spacial score (nSPS) is 20.0. The lowest BCUT2D eigenvalue weighted by Crippen LogP contribution is -1.90. The highest BCUT2D eigenvalue weighted by atomic mass is 14.6. The molecule has 1 heteroatoms. The predicted molar refractivity (Wildman–Crippen MR) is 30.6 cm³/mol. The molecule has 0 aromatic rings. The number of rotatable bonds is 0. The minimum Gasteiger partial charge on any atom is -0.402 e. The van der Waals surface area contributed by atoms with Crippen molar-refractivity contribution in [2.24, 2.45) is 5.73 Å². The first-order valence-corrected chi connectivity index (χ1v) is 2.40. The average molecular weight is 95.1 g/mol. The molecule has 0 bridgehead atoms. The summed E-state index contributed by atoms with van der Waals surface area (Å²) in [6.07, 6.45) is 3.92. The Kier molecular flexibility index (Phi) is 0.895. The summed E-state index contributed by atoms with van der Waals surface area (Å²) in [4.78, 5) is 0. The molecule has 0 fully saturated rings.